The lowest BCUT2D eigenvalue weighted by atomic mass is 10.0. The first-order valence-corrected chi connectivity index (χ1v) is 8.32. The van der Waals surface area contributed by atoms with Crippen molar-refractivity contribution in [1.82, 2.24) is 4.98 Å². The van der Waals surface area contributed by atoms with E-state index in [4.69, 9.17) is 16.3 Å². The summed E-state index contributed by atoms with van der Waals surface area (Å²) in [4.78, 5) is 16.7. The number of benzene rings is 2. The second kappa shape index (κ2) is 6.94. The van der Waals surface area contributed by atoms with Crippen molar-refractivity contribution in [2.75, 3.05) is 0 Å². The molecule has 0 bridgehead atoms. The van der Waals surface area contributed by atoms with Gasteiger partial charge in [0, 0.05) is 21.5 Å². The quantitative estimate of drug-likeness (QED) is 0.617. The van der Waals surface area contributed by atoms with Crippen molar-refractivity contribution >= 4 is 28.7 Å². The fourth-order valence-corrected chi connectivity index (χ4v) is 2.83. The van der Waals surface area contributed by atoms with Gasteiger partial charge in [-0.25, -0.2) is 4.98 Å². The lowest BCUT2D eigenvalue weighted by molar-refractivity contribution is 0.103. The molecule has 0 atom stereocenters. The minimum absolute atomic E-state index is 0.0386. The number of hydrogen-bond donors (Lipinski definition) is 0. The van der Waals surface area contributed by atoms with Gasteiger partial charge in [-0.05, 0) is 55.5 Å². The molecule has 2 aromatic carbocycles. The second-order valence-corrected chi connectivity index (χ2v) is 6.51. The summed E-state index contributed by atoms with van der Waals surface area (Å²) in [6.07, 6.45) is 0. The molecule has 116 valence electrons. The first-order chi connectivity index (χ1) is 11.1. The molecule has 3 rings (SSSR count). The minimum atomic E-state index is -0.0386. The largest absolute Gasteiger partial charge is 0.487 e. The zero-order valence-corrected chi connectivity index (χ0v) is 14.0. The van der Waals surface area contributed by atoms with E-state index in [1.165, 1.54) is 0 Å². The van der Waals surface area contributed by atoms with Crippen molar-refractivity contribution < 1.29 is 9.53 Å². The number of hydrogen-bond acceptors (Lipinski definition) is 4. The number of rotatable bonds is 5. The van der Waals surface area contributed by atoms with Crippen molar-refractivity contribution in [2.45, 2.75) is 13.5 Å². The van der Waals surface area contributed by atoms with Gasteiger partial charge in [-0.1, -0.05) is 11.6 Å². The van der Waals surface area contributed by atoms with Crippen molar-refractivity contribution in [3.63, 3.8) is 0 Å². The second-order valence-electron chi connectivity index (χ2n) is 5.01. The number of halogens is 1. The highest BCUT2D eigenvalue weighted by molar-refractivity contribution is 7.09. The lowest BCUT2D eigenvalue weighted by Crippen LogP contribution is -2.01. The lowest BCUT2D eigenvalue weighted by Gasteiger charge is -2.06. The summed E-state index contributed by atoms with van der Waals surface area (Å²) < 4.78 is 5.68. The molecule has 1 aromatic heterocycles. The van der Waals surface area contributed by atoms with Crippen LogP contribution in [-0.4, -0.2) is 10.8 Å². The Morgan fingerprint density at radius 3 is 2.26 bits per heavy atom. The number of ether oxygens (including phenoxy) is 1. The van der Waals surface area contributed by atoms with Gasteiger partial charge < -0.3 is 4.74 Å². The molecule has 1 heterocycles. The van der Waals surface area contributed by atoms with E-state index in [1.807, 2.05) is 12.3 Å². The number of ketones is 1. The predicted octanol–water partition coefficient (Wildman–Crippen LogP) is 4.91. The Morgan fingerprint density at radius 2 is 1.70 bits per heavy atom. The third-order valence-corrected chi connectivity index (χ3v) is 4.35. The zero-order valence-electron chi connectivity index (χ0n) is 12.5. The number of carbonyl (C=O) groups is 1. The summed E-state index contributed by atoms with van der Waals surface area (Å²) in [5.41, 5.74) is 2.14. The zero-order chi connectivity index (χ0) is 16.2. The van der Waals surface area contributed by atoms with Crippen LogP contribution < -0.4 is 4.74 Å². The molecule has 5 heteroatoms. The molecule has 0 N–H and O–H groups in total. The smallest absolute Gasteiger partial charge is 0.193 e. The van der Waals surface area contributed by atoms with Gasteiger partial charge >= 0.3 is 0 Å². The van der Waals surface area contributed by atoms with Crippen LogP contribution in [0, 0.1) is 6.92 Å². The van der Waals surface area contributed by atoms with Gasteiger partial charge in [0.05, 0.1) is 10.7 Å². The molecular weight excluding hydrogens is 330 g/mol. The van der Waals surface area contributed by atoms with Crippen LogP contribution in [0.15, 0.2) is 53.9 Å². The van der Waals surface area contributed by atoms with Crippen LogP contribution in [0.5, 0.6) is 5.75 Å². The fourth-order valence-electron chi connectivity index (χ4n) is 2.10. The van der Waals surface area contributed by atoms with E-state index in [0.717, 1.165) is 10.7 Å². The van der Waals surface area contributed by atoms with Crippen molar-refractivity contribution in [3.8, 4) is 5.75 Å². The van der Waals surface area contributed by atoms with Crippen LogP contribution in [0.2, 0.25) is 5.02 Å². The van der Waals surface area contributed by atoms with E-state index in [1.54, 1.807) is 59.9 Å². The highest BCUT2D eigenvalue weighted by atomic mass is 35.5. The third-order valence-electron chi connectivity index (χ3n) is 3.28. The Kier molecular flexibility index (Phi) is 4.74. The van der Waals surface area contributed by atoms with Crippen LogP contribution in [0.1, 0.15) is 26.6 Å². The Balaban J connectivity index is 1.66. The van der Waals surface area contributed by atoms with Crippen molar-refractivity contribution in [3.05, 3.63) is 80.8 Å². The summed E-state index contributed by atoms with van der Waals surface area (Å²) >= 11 is 7.44. The molecule has 0 unspecified atom stereocenters. The number of aryl methyl sites for hydroxylation is 1. The summed E-state index contributed by atoms with van der Waals surface area (Å²) in [6, 6.07) is 14.0. The Morgan fingerprint density at radius 1 is 1.09 bits per heavy atom. The molecule has 0 radical (unpaired) electrons. The minimum Gasteiger partial charge on any atom is -0.487 e. The van der Waals surface area contributed by atoms with E-state index >= 15 is 0 Å². The molecule has 0 spiro atoms. The highest BCUT2D eigenvalue weighted by Crippen LogP contribution is 2.18. The number of nitrogens with zero attached hydrogens (tertiary/aromatic N) is 1. The van der Waals surface area contributed by atoms with Crippen LogP contribution in [0.25, 0.3) is 0 Å². The highest BCUT2D eigenvalue weighted by Gasteiger charge is 2.09. The van der Waals surface area contributed by atoms with Gasteiger partial charge in [0.2, 0.25) is 0 Å². The third kappa shape index (κ3) is 3.97. The molecule has 3 aromatic rings. The van der Waals surface area contributed by atoms with Gasteiger partial charge in [-0.2, -0.15) is 0 Å². The van der Waals surface area contributed by atoms with E-state index in [0.29, 0.717) is 28.5 Å². The van der Waals surface area contributed by atoms with Gasteiger partial charge in [0.25, 0.3) is 0 Å². The monoisotopic (exact) mass is 343 g/mol. The van der Waals surface area contributed by atoms with Crippen LogP contribution >= 0.6 is 22.9 Å². The van der Waals surface area contributed by atoms with Crippen LogP contribution in [-0.2, 0) is 6.61 Å². The topological polar surface area (TPSA) is 39.2 Å². The maximum absolute atomic E-state index is 12.4. The normalized spacial score (nSPS) is 10.5. The summed E-state index contributed by atoms with van der Waals surface area (Å²) in [6.45, 7) is 2.39. The molecule has 0 saturated carbocycles. The summed E-state index contributed by atoms with van der Waals surface area (Å²) in [5.74, 6) is 0.673. The van der Waals surface area contributed by atoms with Crippen molar-refractivity contribution in [2.24, 2.45) is 0 Å². The van der Waals surface area contributed by atoms with Gasteiger partial charge in [0.1, 0.15) is 12.4 Å². The molecule has 0 aliphatic heterocycles. The van der Waals surface area contributed by atoms with Gasteiger partial charge in [-0.3, -0.25) is 4.79 Å². The molecule has 0 amide bonds. The molecule has 0 fully saturated rings. The average molecular weight is 344 g/mol. The van der Waals surface area contributed by atoms with Crippen molar-refractivity contribution in [1.29, 1.82) is 0 Å². The average Bonchev–Trinajstić information content (AvgIpc) is 2.99. The standard InChI is InChI=1S/C18H14ClNO2S/c1-12-20-16(11-23-12)10-22-17-8-4-14(5-9-17)18(21)13-2-6-15(19)7-3-13/h2-9,11H,10H2,1H3. The van der Waals surface area contributed by atoms with E-state index in [9.17, 15) is 4.79 Å². The van der Waals surface area contributed by atoms with Gasteiger partial charge in [0.15, 0.2) is 5.78 Å². The first kappa shape index (κ1) is 15.7. The molecule has 0 aliphatic rings. The van der Waals surface area contributed by atoms with Crippen LogP contribution in [0.3, 0.4) is 0 Å². The Hall–Kier alpha value is -2.17. The molecule has 3 nitrogen and oxygen atoms in total. The number of aromatic nitrogens is 1. The maximum atomic E-state index is 12.4. The molecule has 23 heavy (non-hydrogen) atoms. The van der Waals surface area contributed by atoms with Gasteiger partial charge in [-0.15, -0.1) is 11.3 Å². The molecule has 0 saturated heterocycles. The predicted molar refractivity (Wildman–Crippen MR) is 92.5 cm³/mol. The summed E-state index contributed by atoms with van der Waals surface area (Å²) in [7, 11) is 0. The molecule has 0 aliphatic carbocycles. The first-order valence-electron chi connectivity index (χ1n) is 7.06. The Bertz CT molecular complexity index is 810. The Labute approximate surface area is 143 Å². The maximum Gasteiger partial charge on any atom is 0.193 e. The summed E-state index contributed by atoms with van der Waals surface area (Å²) in [5, 5.41) is 3.61. The fraction of sp³-hybridized carbons (Fsp3) is 0.111. The van der Waals surface area contributed by atoms with E-state index < -0.39 is 0 Å². The number of carbonyl (C=O) groups excluding carboxylic acids is 1. The van der Waals surface area contributed by atoms with E-state index in [-0.39, 0.29) is 5.78 Å². The van der Waals surface area contributed by atoms with Crippen LogP contribution in [0.4, 0.5) is 0 Å². The SMILES string of the molecule is Cc1nc(COc2ccc(C(=O)c3ccc(Cl)cc3)cc2)cs1. The van der Waals surface area contributed by atoms with E-state index in [2.05, 4.69) is 4.98 Å². The number of thiazole rings is 1. The molecular formula is C18H14ClNO2S.